The number of fused-ring (bicyclic) bond motifs is 4. The number of aromatic nitrogens is 3. The topological polar surface area (TPSA) is 51.1 Å². The fourth-order valence-corrected chi connectivity index (χ4v) is 5.36. The maximum Gasteiger partial charge on any atom is 0.284 e. The molecule has 0 fully saturated rings. The van der Waals surface area contributed by atoms with Crippen LogP contribution < -0.4 is 26.2 Å². The molecule has 0 saturated heterocycles. The predicted octanol–water partition coefficient (Wildman–Crippen LogP) is 5.18. The summed E-state index contributed by atoms with van der Waals surface area (Å²) in [5, 5.41) is 0. The Morgan fingerprint density at radius 3 is 2.25 bits per heavy atom. The van der Waals surface area contributed by atoms with E-state index in [0.29, 0.717) is 5.88 Å². The Bertz CT molecular complexity index is 1500. The zero-order valence-corrected chi connectivity index (χ0v) is 22.0. The lowest BCUT2D eigenvalue weighted by Crippen LogP contribution is -2.62. The molecule has 0 amide bonds. The van der Waals surface area contributed by atoms with Crippen LogP contribution in [0.25, 0.3) is 0 Å². The van der Waals surface area contributed by atoms with Gasteiger partial charge >= 0.3 is 0 Å². The number of benzene rings is 2. The van der Waals surface area contributed by atoms with Gasteiger partial charge in [0.05, 0.1) is 5.69 Å². The summed E-state index contributed by atoms with van der Waals surface area (Å²) in [6, 6.07) is 18.9. The molecule has 0 N–H and O–H groups in total. The summed E-state index contributed by atoms with van der Waals surface area (Å²) in [7, 11) is 0. The summed E-state index contributed by atoms with van der Waals surface area (Å²) in [4.78, 5) is 17.6. The fourth-order valence-electron chi connectivity index (χ4n) is 5.36. The van der Waals surface area contributed by atoms with E-state index < -0.39 is 0 Å². The molecule has 6 heteroatoms. The van der Waals surface area contributed by atoms with Crippen LogP contribution in [0.3, 0.4) is 0 Å². The number of anilines is 3. The van der Waals surface area contributed by atoms with Crippen LogP contribution >= 0.6 is 0 Å². The standard InChI is InChI=1S/C30H31BN4O/c1-18-12-11-15-21-22(18)31-23-26(33-28(30(5,6)7)34-27(23)36-21)35(19-13-9-8-10-14-19)24-20(29(2,3)4)16-17-32-25(24)31/h8-17H,1-7H3. The van der Waals surface area contributed by atoms with Crippen molar-refractivity contribution in [2.75, 3.05) is 4.90 Å². The van der Waals surface area contributed by atoms with Crippen LogP contribution in [0.4, 0.5) is 17.2 Å². The van der Waals surface area contributed by atoms with Gasteiger partial charge in [-0.05, 0) is 47.6 Å². The first-order chi connectivity index (χ1) is 17.1. The summed E-state index contributed by atoms with van der Waals surface area (Å²) < 4.78 is 6.53. The average molecular weight is 474 g/mol. The molecule has 0 aliphatic carbocycles. The highest BCUT2D eigenvalue weighted by Gasteiger charge is 2.47. The highest BCUT2D eigenvalue weighted by Crippen LogP contribution is 2.43. The number of para-hydroxylation sites is 1. The van der Waals surface area contributed by atoms with Crippen molar-refractivity contribution in [3.8, 4) is 11.6 Å². The molecular weight excluding hydrogens is 443 g/mol. The van der Waals surface area contributed by atoms with E-state index in [1.54, 1.807) is 0 Å². The van der Waals surface area contributed by atoms with Gasteiger partial charge in [0.15, 0.2) is 0 Å². The number of hydrogen-bond acceptors (Lipinski definition) is 5. The Morgan fingerprint density at radius 2 is 1.56 bits per heavy atom. The van der Waals surface area contributed by atoms with Crippen LogP contribution in [-0.2, 0) is 10.8 Å². The van der Waals surface area contributed by atoms with Gasteiger partial charge in [0, 0.05) is 28.4 Å². The van der Waals surface area contributed by atoms with Crippen molar-refractivity contribution >= 4 is 40.4 Å². The molecule has 2 aromatic heterocycles. The molecule has 0 saturated carbocycles. The van der Waals surface area contributed by atoms with Crippen molar-refractivity contribution < 1.29 is 4.74 Å². The van der Waals surface area contributed by atoms with Gasteiger partial charge in [-0.3, -0.25) is 9.88 Å². The van der Waals surface area contributed by atoms with Gasteiger partial charge in [0.25, 0.3) is 6.71 Å². The molecule has 0 unspecified atom stereocenters. The van der Waals surface area contributed by atoms with E-state index in [-0.39, 0.29) is 17.5 Å². The SMILES string of the molecule is Cc1cccc2c1B1c3nccc(C(C)(C)C)c3N(c3ccccc3)c3nc(C(C)(C)C)nc(c31)O2. The van der Waals surface area contributed by atoms with Gasteiger partial charge < -0.3 is 4.74 Å². The Labute approximate surface area is 213 Å². The number of nitrogens with zero attached hydrogens (tertiary/aromatic N) is 4. The third-order valence-electron chi connectivity index (χ3n) is 7.11. The minimum absolute atomic E-state index is 0.0972. The van der Waals surface area contributed by atoms with Crippen LogP contribution in [0.15, 0.2) is 60.8 Å². The fraction of sp³-hybridized carbons (Fsp3) is 0.300. The summed E-state index contributed by atoms with van der Waals surface area (Å²) in [6.45, 7) is 15.3. The van der Waals surface area contributed by atoms with Crippen molar-refractivity contribution in [3.05, 3.63) is 77.7 Å². The average Bonchev–Trinajstić information content (AvgIpc) is 2.82. The monoisotopic (exact) mass is 474 g/mol. The summed E-state index contributed by atoms with van der Waals surface area (Å²) in [5.41, 5.74) is 7.37. The largest absolute Gasteiger partial charge is 0.440 e. The Hall–Kier alpha value is -3.67. The molecule has 2 aliphatic rings. The molecule has 4 aromatic rings. The Morgan fingerprint density at radius 1 is 0.806 bits per heavy atom. The van der Waals surface area contributed by atoms with Crippen LogP contribution in [0.2, 0.25) is 0 Å². The number of aryl methyl sites for hydroxylation is 1. The maximum absolute atomic E-state index is 6.53. The summed E-state index contributed by atoms with van der Waals surface area (Å²) >= 11 is 0. The molecule has 180 valence electrons. The van der Waals surface area contributed by atoms with Crippen LogP contribution in [-0.4, -0.2) is 21.7 Å². The summed E-state index contributed by atoms with van der Waals surface area (Å²) in [5.74, 6) is 3.11. The van der Waals surface area contributed by atoms with E-state index in [4.69, 9.17) is 19.7 Å². The molecule has 0 bridgehead atoms. The van der Waals surface area contributed by atoms with Gasteiger partial charge in [-0.1, -0.05) is 77.4 Å². The van der Waals surface area contributed by atoms with E-state index in [1.165, 1.54) is 11.1 Å². The second-order valence-corrected chi connectivity index (χ2v) is 11.9. The molecule has 6 rings (SSSR count). The van der Waals surface area contributed by atoms with Crippen molar-refractivity contribution in [2.45, 2.75) is 59.3 Å². The third kappa shape index (κ3) is 3.35. The van der Waals surface area contributed by atoms with Crippen molar-refractivity contribution in [1.29, 1.82) is 0 Å². The van der Waals surface area contributed by atoms with Crippen LogP contribution in [0, 0.1) is 6.92 Å². The lowest BCUT2D eigenvalue weighted by molar-refractivity contribution is 0.450. The molecular formula is C30H31BN4O. The van der Waals surface area contributed by atoms with E-state index in [2.05, 4.69) is 89.8 Å². The highest BCUT2D eigenvalue weighted by molar-refractivity contribution is 6.99. The first-order valence-corrected chi connectivity index (χ1v) is 12.6. The lowest BCUT2D eigenvalue weighted by atomic mass is 9.35. The first kappa shape index (κ1) is 22.8. The van der Waals surface area contributed by atoms with Crippen molar-refractivity contribution in [1.82, 2.24) is 15.0 Å². The van der Waals surface area contributed by atoms with E-state index >= 15 is 0 Å². The zero-order chi connectivity index (χ0) is 25.4. The quantitative estimate of drug-likeness (QED) is 0.308. The molecule has 0 spiro atoms. The van der Waals surface area contributed by atoms with Crippen LogP contribution in [0.5, 0.6) is 11.6 Å². The maximum atomic E-state index is 6.53. The lowest BCUT2D eigenvalue weighted by Gasteiger charge is -2.41. The third-order valence-corrected chi connectivity index (χ3v) is 7.11. The summed E-state index contributed by atoms with van der Waals surface area (Å²) in [6.07, 6.45) is 1.95. The van der Waals surface area contributed by atoms with Gasteiger partial charge in [-0.2, -0.15) is 4.98 Å². The van der Waals surface area contributed by atoms with E-state index in [9.17, 15) is 0 Å². The van der Waals surface area contributed by atoms with Gasteiger partial charge in [0.2, 0.25) is 5.88 Å². The van der Waals surface area contributed by atoms with Gasteiger partial charge in [-0.15, -0.1) is 0 Å². The van der Waals surface area contributed by atoms with E-state index in [1.807, 2.05) is 24.4 Å². The number of hydrogen-bond donors (Lipinski definition) is 0. The Kier molecular flexibility index (Phi) is 4.85. The molecule has 5 nitrogen and oxygen atoms in total. The number of pyridine rings is 1. The number of ether oxygens (including phenoxy) is 1. The first-order valence-electron chi connectivity index (χ1n) is 12.6. The normalized spacial score (nSPS) is 14.1. The van der Waals surface area contributed by atoms with Crippen LogP contribution in [0.1, 0.15) is 58.5 Å². The molecule has 0 atom stereocenters. The van der Waals surface area contributed by atoms with Gasteiger partial charge in [0.1, 0.15) is 17.4 Å². The van der Waals surface area contributed by atoms with Crippen molar-refractivity contribution in [2.24, 2.45) is 0 Å². The van der Waals surface area contributed by atoms with E-state index in [0.717, 1.165) is 45.3 Å². The molecule has 4 heterocycles. The predicted molar refractivity (Wildman–Crippen MR) is 148 cm³/mol. The Balaban J connectivity index is 1.79. The van der Waals surface area contributed by atoms with Gasteiger partial charge in [-0.25, -0.2) is 4.98 Å². The molecule has 2 aromatic carbocycles. The molecule has 2 aliphatic heterocycles. The highest BCUT2D eigenvalue weighted by atomic mass is 16.5. The van der Waals surface area contributed by atoms with Crippen molar-refractivity contribution in [3.63, 3.8) is 0 Å². The minimum atomic E-state index is -0.248. The zero-order valence-electron chi connectivity index (χ0n) is 22.0. The molecule has 36 heavy (non-hydrogen) atoms. The minimum Gasteiger partial charge on any atom is -0.440 e. The molecule has 0 radical (unpaired) electrons. The second kappa shape index (κ2) is 7.66. The second-order valence-electron chi connectivity index (χ2n) is 11.9. The number of rotatable bonds is 1. The smallest absolute Gasteiger partial charge is 0.284 e.